The first kappa shape index (κ1) is 34.0. The van der Waals surface area contributed by atoms with Crippen LogP contribution in [-0.2, 0) is 16.1 Å². The number of nitrogens with zero attached hydrogens (tertiary/aromatic N) is 2. The van der Waals surface area contributed by atoms with Gasteiger partial charge in [-0.1, -0.05) is 58.8 Å². The van der Waals surface area contributed by atoms with Gasteiger partial charge < -0.3 is 18.9 Å². The second kappa shape index (κ2) is 14.6. The molecule has 0 saturated heterocycles. The lowest BCUT2D eigenvalue weighted by atomic mass is 9.95. The van der Waals surface area contributed by atoms with E-state index < -0.39 is 12.0 Å². The van der Waals surface area contributed by atoms with E-state index >= 15 is 0 Å². The molecule has 0 N–H and O–H groups in total. The molecule has 3 aromatic carbocycles. The van der Waals surface area contributed by atoms with E-state index in [1.54, 1.807) is 43.7 Å². The molecule has 4 aromatic rings. The molecule has 0 radical (unpaired) electrons. The lowest BCUT2D eigenvalue weighted by Gasteiger charge is -2.26. The Bertz CT molecular complexity index is 2020. The molecule has 46 heavy (non-hydrogen) atoms. The molecule has 0 spiro atoms. The summed E-state index contributed by atoms with van der Waals surface area (Å²) in [6, 6.07) is 15.6. The molecule has 1 atom stereocenters. The molecule has 240 valence electrons. The van der Waals surface area contributed by atoms with Crippen molar-refractivity contribution >= 4 is 69.2 Å². The van der Waals surface area contributed by atoms with Gasteiger partial charge in [0, 0.05) is 14.7 Å². The van der Waals surface area contributed by atoms with Gasteiger partial charge in [-0.3, -0.25) is 9.36 Å². The Balaban J connectivity index is 1.68. The van der Waals surface area contributed by atoms with Crippen LogP contribution < -0.4 is 29.1 Å². The molecule has 1 aliphatic rings. The van der Waals surface area contributed by atoms with Gasteiger partial charge in [-0.15, -0.1) is 0 Å². The summed E-state index contributed by atoms with van der Waals surface area (Å²) < 4.78 is 26.4. The zero-order valence-electron chi connectivity index (χ0n) is 25.7. The monoisotopic (exact) mass is 792 g/mol. The molecule has 1 aromatic heterocycles. The Morgan fingerprint density at radius 2 is 1.87 bits per heavy atom. The van der Waals surface area contributed by atoms with Crippen molar-refractivity contribution in [3.8, 4) is 17.2 Å². The molecule has 0 bridgehead atoms. The van der Waals surface area contributed by atoms with E-state index in [0.29, 0.717) is 53.5 Å². The van der Waals surface area contributed by atoms with E-state index in [-0.39, 0.29) is 30.5 Å². The number of carbonyl (C=O) groups excluding carboxylic acids is 1. The van der Waals surface area contributed by atoms with Crippen LogP contribution in [0.2, 0.25) is 10.0 Å². The number of fused-ring (bicyclic) bond motifs is 1. The minimum Gasteiger partial charge on any atom is -0.493 e. The van der Waals surface area contributed by atoms with Crippen LogP contribution >= 0.6 is 57.1 Å². The van der Waals surface area contributed by atoms with E-state index in [9.17, 15) is 9.59 Å². The summed E-state index contributed by atoms with van der Waals surface area (Å²) in [7, 11) is 1.56. The zero-order chi connectivity index (χ0) is 33.1. The largest absolute Gasteiger partial charge is 0.493 e. The molecular formula is C34H31Cl2IN2O6S. The normalized spacial score (nSPS) is 14.6. The van der Waals surface area contributed by atoms with Crippen molar-refractivity contribution < 1.29 is 23.7 Å². The van der Waals surface area contributed by atoms with Crippen molar-refractivity contribution in [3.05, 3.63) is 116 Å². The van der Waals surface area contributed by atoms with Crippen molar-refractivity contribution in [3.63, 3.8) is 0 Å². The number of hydrogen-bond donors (Lipinski definition) is 0. The topological polar surface area (TPSA) is 88.4 Å². The third kappa shape index (κ3) is 7.15. The predicted octanol–water partition coefficient (Wildman–Crippen LogP) is 7.08. The highest BCUT2D eigenvalue weighted by molar-refractivity contribution is 14.1. The van der Waals surface area contributed by atoms with E-state index in [1.165, 1.54) is 11.3 Å². The summed E-state index contributed by atoms with van der Waals surface area (Å²) in [6.07, 6.45) is 1.63. The van der Waals surface area contributed by atoms with Crippen LogP contribution in [0.5, 0.6) is 17.2 Å². The van der Waals surface area contributed by atoms with Crippen LogP contribution in [0.25, 0.3) is 6.08 Å². The number of carbonyl (C=O) groups is 1. The Kier molecular flexibility index (Phi) is 10.8. The number of halogens is 3. The molecule has 0 unspecified atom stereocenters. The van der Waals surface area contributed by atoms with Crippen LogP contribution in [0.1, 0.15) is 50.4 Å². The highest BCUT2D eigenvalue weighted by Gasteiger charge is 2.35. The smallest absolute Gasteiger partial charge is 0.338 e. The lowest BCUT2D eigenvalue weighted by molar-refractivity contribution is -0.139. The maximum atomic E-state index is 14.3. The van der Waals surface area contributed by atoms with Gasteiger partial charge in [0.1, 0.15) is 18.4 Å². The number of allylic oxidation sites excluding steroid dienone is 1. The second-order valence-electron chi connectivity index (χ2n) is 10.6. The van der Waals surface area contributed by atoms with Crippen molar-refractivity contribution in [2.75, 3.05) is 13.7 Å². The highest BCUT2D eigenvalue weighted by atomic mass is 127. The number of methoxy groups -OCH3 is 1. The summed E-state index contributed by atoms with van der Waals surface area (Å²) in [6.45, 7) is 7.70. The van der Waals surface area contributed by atoms with Gasteiger partial charge in [-0.25, -0.2) is 9.79 Å². The number of esters is 1. The minimum absolute atomic E-state index is 0.133. The first-order valence-electron chi connectivity index (χ1n) is 14.4. The second-order valence-corrected chi connectivity index (χ2v) is 13.6. The summed E-state index contributed by atoms with van der Waals surface area (Å²) in [5.41, 5.74) is 2.53. The lowest BCUT2D eigenvalue weighted by Crippen LogP contribution is -2.40. The average molecular weight is 794 g/mol. The standard InChI is InChI=1S/C34H31Cl2IN2O6S/c1-6-43-33(41)29-19(4)38-34-39(30(29)23-9-7-8-10-26(23)45-18(2)3)32(40)28(46-34)15-21-14-22(37)16-27(42-5)31(21)44-17-20-11-12-24(35)25(36)13-20/h7-16,18,30H,6,17H2,1-5H3/b28-15-/t30-/m0/s1. The fourth-order valence-electron chi connectivity index (χ4n) is 5.08. The molecule has 5 rings (SSSR count). The molecule has 0 saturated carbocycles. The van der Waals surface area contributed by atoms with E-state index in [1.807, 2.05) is 56.3 Å². The number of benzene rings is 3. The summed E-state index contributed by atoms with van der Waals surface area (Å²) >= 11 is 15.7. The zero-order valence-corrected chi connectivity index (χ0v) is 30.2. The summed E-state index contributed by atoms with van der Waals surface area (Å²) in [5, 5.41) is 0.873. The molecule has 12 heteroatoms. The number of aromatic nitrogens is 1. The van der Waals surface area contributed by atoms with Gasteiger partial charge in [0.2, 0.25) is 0 Å². The molecule has 0 fully saturated rings. The van der Waals surface area contributed by atoms with Crippen molar-refractivity contribution in [1.82, 2.24) is 4.57 Å². The Morgan fingerprint density at radius 3 is 2.57 bits per heavy atom. The average Bonchev–Trinajstić information content (AvgIpc) is 3.31. The number of para-hydroxylation sites is 1. The number of hydrogen-bond acceptors (Lipinski definition) is 8. The predicted molar refractivity (Wildman–Crippen MR) is 189 cm³/mol. The Morgan fingerprint density at radius 1 is 1.11 bits per heavy atom. The fraction of sp³-hybridized carbons (Fsp3) is 0.265. The maximum Gasteiger partial charge on any atom is 0.338 e. The molecule has 2 heterocycles. The fourth-order valence-corrected chi connectivity index (χ4v) is 7.06. The van der Waals surface area contributed by atoms with Crippen LogP contribution in [-0.4, -0.2) is 30.4 Å². The Labute approximate surface area is 294 Å². The van der Waals surface area contributed by atoms with E-state index in [2.05, 4.69) is 22.6 Å². The highest BCUT2D eigenvalue weighted by Crippen LogP contribution is 2.37. The number of thiazole rings is 1. The Hall–Kier alpha value is -3.32. The van der Waals surface area contributed by atoms with Gasteiger partial charge in [0.05, 0.1) is 45.7 Å². The molecule has 0 aliphatic carbocycles. The van der Waals surface area contributed by atoms with Crippen LogP contribution in [0.3, 0.4) is 0 Å². The molecule has 0 amide bonds. The third-order valence-corrected chi connectivity index (χ3v) is 9.36. The number of ether oxygens (including phenoxy) is 4. The molecule has 8 nitrogen and oxygen atoms in total. The molecular weight excluding hydrogens is 762 g/mol. The van der Waals surface area contributed by atoms with Crippen molar-refractivity contribution in [2.24, 2.45) is 4.99 Å². The van der Waals surface area contributed by atoms with E-state index in [0.717, 1.165) is 9.13 Å². The van der Waals surface area contributed by atoms with Gasteiger partial charge in [-0.2, -0.15) is 0 Å². The van der Waals surface area contributed by atoms with Crippen LogP contribution in [0.15, 0.2) is 75.7 Å². The third-order valence-electron chi connectivity index (χ3n) is 7.02. The van der Waals surface area contributed by atoms with Crippen molar-refractivity contribution in [2.45, 2.75) is 46.4 Å². The first-order valence-corrected chi connectivity index (χ1v) is 17.1. The maximum absolute atomic E-state index is 14.3. The van der Waals surface area contributed by atoms with Crippen LogP contribution in [0.4, 0.5) is 0 Å². The first-order chi connectivity index (χ1) is 22.0. The van der Waals surface area contributed by atoms with Gasteiger partial charge in [0.15, 0.2) is 16.3 Å². The van der Waals surface area contributed by atoms with Crippen LogP contribution in [0, 0.1) is 3.57 Å². The summed E-state index contributed by atoms with van der Waals surface area (Å²) in [5.74, 6) is 0.983. The van der Waals surface area contributed by atoms with Gasteiger partial charge in [-0.05, 0) is 92.3 Å². The summed E-state index contributed by atoms with van der Waals surface area (Å²) in [4.78, 5) is 32.9. The molecule has 1 aliphatic heterocycles. The van der Waals surface area contributed by atoms with Gasteiger partial charge in [0.25, 0.3) is 5.56 Å². The minimum atomic E-state index is -0.816. The SMILES string of the molecule is CCOC(=O)C1=C(C)N=c2s/c(=C\c3cc(I)cc(OC)c3OCc3ccc(Cl)c(Cl)c3)c(=O)n2[C@H]1c1ccccc1OC(C)C. The number of rotatable bonds is 10. The van der Waals surface area contributed by atoms with E-state index in [4.69, 9.17) is 47.1 Å². The quantitative estimate of drug-likeness (QED) is 0.126. The van der Waals surface area contributed by atoms with Gasteiger partial charge >= 0.3 is 5.97 Å². The van der Waals surface area contributed by atoms with Crippen molar-refractivity contribution in [1.29, 1.82) is 0 Å².